The van der Waals surface area contributed by atoms with Gasteiger partial charge in [0.05, 0.1) is 13.5 Å². The summed E-state index contributed by atoms with van der Waals surface area (Å²) >= 11 is 6.02. The van der Waals surface area contributed by atoms with Crippen LogP contribution in [0.1, 0.15) is 16.7 Å². The van der Waals surface area contributed by atoms with Gasteiger partial charge in [0.15, 0.2) is 0 Å². The molecule has 0 fully saturated rings. The van der Waals surface area contributed by atoms with Crippen LogP contribution in [0.4, 0.5) is 0 Å². The number of hydrogen-bond acceptors (Lipinski definition) is 3. The zero-order valence-corrected chi connectivity index (χ0v) is 9.68. The van der Waals surface area contributed by atoms with Crippen molar-refractivity contribution in [1.29, 1.82) is 0 Å². The lowest BCUT2D eigenvalue weighted by Crippen LogP contribution is -2.06. The number of aryl methyl sites for hydroxylation is 1. The fraction of sp³-hybridized carbons (Fsp3) is 0.364. The summed E-state index contributed by atoms with van der Waals surface area (Å²) in [5.41, 5.74) is 2.04. The summed E-state index contributed by atoms with van der Waals surface area (Å²) in [7, 11) is 1.31. The van der Waals surface area contributed by atoms with Crippen molar-refractivity contribution in [2.45, 2.75) is 20.3 Å². The molecule has 0 spiro atoms. The number of carbonyl (C=O) groups is 1. The minimum Gasteiger partial charge on any atom is -0.508 e. The van der Waals surface area contributed by atoms with Crippen LogP contribution in [0.25, 0.3) is 0 Å². The van der Waals surface area contributed by atoms with Crippen molar-refractivity contribution >= 4 is 17.6 Å². The van der Waals surface area contributed by atoms with E-state index in [2.05, 4.69) is 4.74 Å². The van der Waals surface area contributed by atoms with Gasteiger partial charge in [-0.3, -0.25) is 4.79 Å². The van der Waals surface area contributed by atoms with E-state index in [1.54, 1.807) is 19.9 Å². The van der Waals surface area contributed by atoms with Crippen LogP contribution in [0, 0.1) is 13.8 Å². The lowest BCUT2D eigenvalue weighted by molar-refractivity contribution is -0.139. The maximum absolute atomic E-state index is 11.1. The molecule has 82 valence electrons. The lowest BCUT2D eigenvalue weighted by Gasteiger charge is -2.11. The topological polar surface area (TPSA) is 46.5 Å². The monoisotopic (exact) mass is 228 g/mol. The smallest absolute Gasteiger partial charge is 0.310 e. The first kappa shape index (κ1) is 11.9. The van der Waals surface area contributed by atoms with Gasteiger partial charge >= 0.3 is 5.97 Å². The first-order chi connectivity index (χ1) is 6.97. The highest BCUT2D eigenvalue weighted by atomic mass is 35.5. The number of esters is 1. The number of carbonyl (C=O) groups excluding carboxylic acids is 1. The molecule has 3 nitrogen and oxygen atoms in total. The molecule has 0 amide bonds. The van der Waals surface area contributed by atoms with Gasteiger partial charge in [-0.2, -0.15) is 0 Å². The van der Waals surface area contributed by atoms with Gasteiger partial charge in [-0.1, -0.05) is 11.6 Å². The van der Waals surface area contributed by atoms with Gasteiger partial charge in [-0.25, -0.2) is 0 Å². The van der Waals surface area contributed by atoms with E-state index in [4.69, 9.17) is 11.6 Å². The van der Waals surface area contributed by atoms with E-state index < -0.39 is 5.97 Å². The molecule has 0 aliphatic heterocycles. The Hall–Kier alpha value is -1.22. The summed E-state index contributed by atoms with van der Waals surface area (Å²) in [6.45, 7) is 3.57. The Bertz CT molecular complexity index is 399. The molecule has 1 aromatic rings. The summed E-state index contributed by atoms with van der Waals surface area (Å²) < 4.78 is 4.54. The van der Waals surface area contributed by atoms with Crippen LogP contribution in [-0.2, 0) is 16.0 Å². The van der Waals surface area contributed by atoms with Crippen LogP contribution in [0.15, 0.2) is 6.07 Å². The SMILES string of the molecule is COC(=O)Cc1c(O)cc(C)c(Cl)c1C. The maximum Gasteiger partial charge on any atom is 0.310 e. The first-order valence-corrected chi connectivity index (χ1v) is 4.89. The minimum atomic E-state index is -0.395. The molecule has 1 aromatic carbocycles. The second-order valence-corrected chi connectivity index (χ2v) is 3.76. The number of hydrogen-bond donors (Lipinski definition) is 1. The van der Waals surface area contributed by atoms with Crippen LogP contribution in [-0.4, -0.2) is 18.2 Å². The molecule has 4 heteroatoms. The second-order valence-electron chi connectivity index (χ2n) is 3.38. The third kappa shape index (κ3) is 2.42. The Morgan fingerprint density at radius 3 is 2.67 bits per heavy atom. The van der Waals surface area contributed by atoms with E-state index in [1.165, 1.54) is 7.11 Å². The molecule has 0 aromatic heterocycles. The summed E-state index contributed by atoms with van der Waals surface area (Å²) in [6, 6.07) is 1.55. The molecule has 0 atom stereocenters. The number of phenolic OH excluding ortho intramolecular Hbond substituents is 1. The van der Waals surface area contributed by atoms with Crippen molar-refractivity contribution in [2.75, 3.05) is 7.11 Å². The lowest BCUT2D eigenvalue weighted by atomic mass is 10.0. The summed E-state index contributed by atoms with van der Waals surface area (Å²) in [5.74, 6) is -0.312. The van der Waals surface area contributed by atoms with Gasteiger partial charge in [0.25, 0.3) is 0 Å². The molecule has 0 radical (unpaired) electrons. The van der Waals surface area contributed by atoms with Crippen LogP contribution < -0.4 is 0 Å². The van der Waals surface area contributed by atoms with Crippen molar-refractivity contribution in [3.63, 3.8) is 0 Å². The Morgan fingerprint density at radius 2 is 2.13 bits per heavy atom. The number of ether oxygens (including phenoxy) is 1. The highest BCUT2D eigenvalue weighted by molar-refractivity contribution is 6.32. The van der Waals surface area contributed by atoms with Gasteiger partial charge < -0.3 is 9.84 Å². The average molecular weight is 229 g/mol. The highest BCUT2D eigenvalue weighted by Crippen LogP contribution is 2.31. The Kier molecular flexibility index (Phi) is 3.58. The standard InChI is InChI=1S/C11H13ClO3/c1-6-4-9(13)8(5-10(14)15-3)7(2)11(6)12/h4,13H,5H2,1-3H3. The van der Waals surface area contributed by atoms with Gasteiger partial charge in [-0.05, 0) is 31.0 Å². The molecule has 1 N–H and O–H groups in total. The highest BCUT2D eigenvalue weighted by Gasteiger charge is 2.14. The van der Waals surface area contributed by atoms with Gasteiger partial charge in [0, 0.05) is 10.6 Å². The van der Waals surface area contributed by atoms with E-state index >= 15 is 0 Å². The number of halogens is 1. The van der Waals surface area contributed by atoms with Crippen molar-refractivity contribution < 1.29 is 14.6 Å². The number of methoxy groups -OCH3 is 1. The van der Waals surface area contributed by atoms with E-state index in [0.29, 0.717) is 10.6 Å². The second kappa shape index (κ2) is 4.53. The Morgan fingerprint density at radius 1 is 1.53 bits per heavy atom. The molecule has 0 aliphatic carbocycles. The quantitative estimate of drug-likeness (QED) is 0.791. The van der Waals surface area contributed by atoms with E-state index in [-0.39, 0.29) is 12.2 Å². The van der Waals surface area contributed by atoms with Crippen LogP contribution in [0.2, 0.25) is 5.02 Å². The third-order valence-electron chi connectivity index (χ3n) is 2.34. The minimum absolute atomic E-state index is 0.0359. The normalized spacial score (nSPS) is 10.1. The number of aromatic hydroxyl groups is 1. The zero-order valence-electron chi connectivity index (χ0n) is 8.93. The number of rotatable bonds is 2. The average Bonchev–Trinajstić information content (AvgIpc) is 2.21. The van der Waals surface area contributed by atoms with Gasteiger partial charge in [0.1, 0.15) is 5.75 Å². The van der Waals surface area contributed by atoms with Crippen LogP contribution >= 0.6 is 11.6 Å². The van der Waals surface area contributed by atoms with Crippen molar-refractivity contribution in [3.8, 4) is 5.75 Å². The third-order valence-corrected chi connectivity index (χ3v) is 2.92. The molecule has 0 bridgehead atoms. The zero-order chi connectivity index (χ0) is 11.6. The largest absolute Gasteiger partial charge is 0.508 e. The maximum atomic E-state index is 11.1. The predicted molar refractivity (Wildman–Crippen MR) is 58.3 cm³/mol. The molecule has 1 rings (SSSR count). The molecular formula is C11H13ClO3. The van der Waals surface area contributed by atoms with Crippen LogP contribution in [0.5, 0.6) is 5.75 Å². The molecule has 15 heavy (non-hydrogen) atoms. The molecule has 0 saturated heterocycles. The molecule has 0 aliphatic rings. The van der Waals surface area contributed by atoms with Gasteiger partial charge in [-0.15, -0.1) is 0 Å². The fourth-order valence-corrected chi connectivity index (χ4v) is 1.58. The van der Waals surface area contributed by atoms with Gasteiger partial charge in [0.2, 0.25) is 0 Å². The van der Waals surface area contributed by atoms with Crippen molar-refractivity contribution in [3.05, 3.63) is 27.8 Å². The molecule has 0 saturated carbocycles. The summed E-state index contributed by atoms with van der Waals surface area (Å²) in [6.07, 6.45) is 0.0359. The Labute approximate surface area is 93.6 Å². The fourth-order valence-electron chi connectivity index (χ4n) is 1.42. The summed E-state index contributed by atoms with van der Waals surface area (Å²) in [5, 5.41) is 10.3. The van der Waals surface area contributed by atoms with E-state index in [0.717, 1.165) is 11.1 Å². The number of phenols is 1. The summed E-state index contributed by atoms with van der Waals surface area (Å²) in [4.78, 5) is 11.1. The predicted octanol–water partition coefficient (Wildman–Crippen LogP) is 2.38. The van der Waals surface area contributed by atoms with E-state index in [1.807, 2.05) is 0 Å². The van der Waals surface area contributed by atoms with Crippen molar-refractivity contribution in [1.82, 2.24) is 0 Å². The molecule has 0 heterocycles. The van der Waals surface area contributed by atoms with E-state index in [9.17, 15) is 9.90 Å². The van der Waals surface area contributed by atoms with Crippen molar-refractivity contribution in [2.24, 2.45) is 0 Å². The van der Waals surface area contributed by atoms with Crippen LogP contribution in [0.3, 0.4) is 0 Å². The Balaban J connectivity index is 3.18. The molecular weight excluding hydrogens is 216 g/mol. The molecule has 0 unspecified atom stereocenters. The first-order valence-electron chi connectivity index (χ1n) is 4.51. The number of benzene rings is 1.